The van der Waals surface area contributed by atoms with Gasteiger partial charge in [0, 0.05) is 31.0 Å². The number of aromatic nitrogens is 2. The molecule has 0 unspecified atom stereocenters. The van der Waals surface area contributed by atoms with E-state index in [2.05, 4.69) is 41.5 Å². The van der Waals surface area contributed by atoms with Crippen LogP contribution in [0.3, 0.4) is 0 Å². The van der Waals surface area contributed by atoms with Gasteiger partial charge in [-0.1, -0.05) is 38.1 Å². The van der Waals surface area contributed by atoms with Gasteiger partial charge in [0.25, 0.3) is 11.6 Å². The molecule has 0 atom stereocenters. The summed E-state index contributed by atoms with van der Waals surface area (Å²) in [5.41, 5.74) is 4.11. The van der Waals surface area contributed by atoms with Gasteiger partial charge < -0.3 is 19.9 Å². The maximum Gasteiger partial charge on any atom is 0.259 e. The van der Waals surface area contributed by atoms with Gasteiger partial charge in [-0.05, 0) is 48.4 Å². The molecule has 2 amide bonds. The minimum absolute atomic E-state index is 0.0135. The third kappa shape index (κ3) is 5.76. The third-order valence-corrected chi connectivity index (χ3v) is 5.41. The van der Waals surface area contributed by atoms with E-state index >= 15 is 0 Å². The van der Waals surface area contributed by atoms with Crippen LogP contribution in [0.5, 0.6) is 0 Å². The molecule has 2 aromatic heterocycles. The number of rotatable bonds is 8. The molecule has 33 heavy (non-hydrogen) atoms. The van der Waals surface area contributed by atoms with Gasteiger partial charge in [0.05, 0.1) is 16.6 Å². The molecular formula is C25H30N4O4. The van der Waals surface area contributed by atoms with E-state index < -0.39 is 0 Å². The number of carbonyl (C=O) groups is 2. The van der Waals surface area contributed by atoms with Crippen LogP contribution >= 0.6 is 0 Å². The van der Waals surface area contributed by atoms with Crippen molar-refractivity contribution in [2.45, 2.75) is 52.5 Å². The fourth-order valence-electron chi connectivity index (χ4n) is 3.78. The minimum atomic E-state index is -0.232. The summed E-state index contributed by atoms with van der Waals surface area (Å²) < 4.78 is 10.4. The first-order chi connectivity index (χ1) is 15.7. The molecule has 8 nitrogen and oxygen atoms in total. The van der Waals surface area contributed by atoms with Gasteiger partial charge in [0.1, 0.15) is 6.61 Å². The number of fused-ring (bicyclic) bond motifs is 1. The molecule has 1 aliphatic carbocycles. The summed E-state index contributed by atoms with van der Waals surface area (Å²) in [5, 5.41) is 10.7. The van der Waals surface area contributed by atoms with E-state index in [1.165, 1.54) is 7.11 Å². The number of hydrogen-bond donors (Lipinski definition) is 2. The second kappa shape index (κ2) is 9.31. The molecule has 0 radical (unpaired) electrons. The average molecular weight is 451 g/mol. The molecular weight excluding hydrogens is 420 g/mol. The Morgan fingerprint density at radius 3 is 2.70 bits per heavy atom. The molecule has 4 rings (SSSR count). The molecule has 174 valence electrons. The fourth-order valence-corrected chi connectivity index (χ4v) is 3.78. The van der Waals surface area contributed by atoms with Crippen LogP contribution in [-0.4, -0.2) is 35.7 Å². The van der Waals surface area contributed by atoms with Crippen molar-refractivity contribution in [3.05, 3.63) is 52.8 Å². The van der Waals surface area contributed by atoms with Crippen LogP contribution in [-0.2, 0) is 22.5 Å². The SMILES string of the molecule is COCC(=O)Nc1cccc(CNC(=O)c2cc(C3CC3)nc3onc(CC(C)(C)C)c23)c1. The van der Waals surface area contributed by atoms with Crippen molar-refractivity contribution in [1.82, 2.24) is 15.5 Å². The Morgan fingerprint density at radius 2 is 2.00 bits per heavy atom. The van der Waals surface area contributed by atoms with E-state index in [-0.39, 0.29) is 23.8 Å². The van der Waals surface area contributed by atoms with Gasteiger partial charge in [0.15, 0.2) is 0 Å². The molecule has 1 aromatic carbocycles. The minimum Gasteiger partial charge on any atom is -0.375 e. The lowest BCUT2D eigenvalue weighted by molar-refractivity contribution is -0.119. The molecule has 2 N–H and O–H groups in total. The highest BCUT2D eigenvalue weighted by Crippen LogP contribution is 2.41. The summed E-state index contributed by atoms with van der Waals surface area (Å²) >= 11 is 0. The van der Waals surface area contributed by atoms with Gasteiger partial charge >= 0.3 is 0 Å². The maximum atomic E-state index is 13.3. The van der Waals surface area contributed by atoms with Crippen LogP contribution in [0.15, 0.2) is 34.9 Å². The first kappa shape index (κ1) is 22.9. The first-order valence-electron chi connectivity index (χ1n) is 11.2. The second-order valence-electron chi connectivity index (χ2n) is 9.78. The molecule has 0 spiro atoms. The molecule has 0 saturated heterocycles. The van der Waals surface area contributed by atoms with Crippen molar-refractivity contribution in [2.24, 2.45) is 5.41 Å². The number of carbonyl (C=O) groups excluding carboxylic acids is 2. The van der Waals surface area contributed by atoms with Gasteiger partial charge in [0.2, 0.25) is 5.91 Å². The molecule has 3 aromatic rings. The third-order valence-electron chi connectivity index (χ3n) is 5.41. The maximum absolute atomic E-state index is 13.3. The zero-order valence-corrected chi connectivity index (χ0v) is 19.5. The number of benzene rings is 1. The Morgan fingerprint density at radius 1 is 1.21 bits per heavy atom. The molecule has 1 aliphatic rings. The van der Waals surface area contributed by atoms with Gasteiger partial charge in [-0.25, -0.2) is 4.98 Å². The van der Waals surface area contributed by atoms with Crippen molar-refractivity contribution < 1.29 is 18.8 Å². The normalized spacial score (nSPS) is 13.8. The Hall–Kier alpha value is -3.26. The lowest BCUT2D eigenvalue weighted by Crippen LogP contribution is -2.24. The number of nitrogens with zero attached hydrogens (tertiary/aromatic N) is 2. The van der Waals surface area contributed by atoms with Crippen molar-refractivity contribution >= 4 is 28.6 Å². The number of hydrogen-bond acceptors (Lipinski definition) is 6. The number of amides is 2. The van der Waals surface area contributed by atoms with Crippen molar-refractivity contribution in [1.29, 1.82) is 0 Å². The van der Waals surface area contributed by atoms with E-state index in [4.69, 9.17) is 9.26 Å². The summed E-state index contributed by atoms with van der Waals surface area (Å²) in [4.78, 5) is 29.7. The van der Waals surface area contributed by atoms with Crippen molar-refractivity contribution in [3.8, 4) is 0 Å². The zero-order valence-electron chi connectivity index (χ0n) is 19.5. The molecule has 8 heteroatoms. The topological polar surface area (TPSA) is 106 Å². The summed E-state index contributed by atoms with van der Waals surface area (Å²) in [6.45, 7) is 6.67. The predicted octanol–water partition coefficient (Wildman–Crippen LogP) is 4.20. The summed E-state index contributed by atoms with van der Waals surface area (Å²) in [6.07, 6.45) is 2.82. The molecule has 0 aliphatic heterocycles. The lowest BCUT2D eigenvalue weighted by atomic mass is 9.89. The Labute approximate surface area is 193 Å². The predicted molar refractivity (Wildman–Crippen MR) is 125 cm³/mol. The summed E-state index contributed by atoms with van der Waals surface area (Å²) in [6, 6.07) is 9.24. The van der Waals surface area contributed by atoms with Crippen LogP contribution in [0.25, 0.3) is 11.1 Å². The Balaban J connectivity index is 1.56. The van der Waals surface area contributed by atoms with Crippen molar-refractivity contribution in [2.75, 3.05) is 19.0 Å². The monoisotopic (exact) mass is 450 g/mol. The Bertz CT molecular complexity index is 1170. The smallest absolute Gasteiger partial charge is 0.259 e. The van der Waals surface area contributed by atoms with Crippen molar-refractivity contribution in [3.63, 3.8) is 0 Å². The van der Waals surface area contributed by atoms with Crippen LogP contribution in [0.2, 0.25) is 0 Å². The largest absolute Gasteiger partial charge is 0.375 e. The van der Waals surface area contributed by atoms with Crippen LogP contribution in [0.1, 0.15) is 66.8 Å². The molecule has 1 saturated carbocycles. The number of anilines is 1. The zero-order chi connectivity index (χ0) is 23.6. The molecule has 0 bridgehead atoms. The second-order valence-corrected chi connectivity index (χ2v) is 9.78. The van der Waals surface area contributed by atoms with Crippen LogP contribution in [0.4, 0.5) is 5.69 Å². The van der Waals surface area contributed by atoms with E-state index in [1.807, 2.05) is 24.3 Å². The summed E-state index contributed by atoms with van der Waals surface area (Å²) in [7, 11) is 1.47. The quantitative estimate of drug-likeness (QED) is 0.533. The number of pyridine rings is 1. The number of nitrogens with one attached hydrogen (secondary N) is 2. The Kier molecular flexibility index (Phi) is 6.47. The fraction of sp³-hybridized carbons (Fsp3) is 0.440. The van der Waals surface area contributed by atoms with E-state index in [0.717, 1.165) is 29.8 Å². The average Bonchev–Trinajstić information content (AvgIpc) is 3.53. The standard InChI is InChI=1S/C25H30N4O4/c1-25(2,3)12-20-22-18(11-19(16-8-9-16)28-24(22)33-29-20)23(31)26-13-15-6-5-7-17(10-15)27-21(30)14-32-4/h5-7,10-11,16H,8-9,12-14H2,1-4H3,(H,26,31)(H,27,30). The van der Waals surface area contributed by atoms with Crippen LogP contribution in [0, 0.1) is 5.41 Å². The highest BCUT2D eigenvalue weighted by atomic mass is 16.5. The van der Waals surface area contributed by atoms with Gasteiger partial charge in [-0.3, -0.25) is 9.59 Å². The van der Waals surface area contributed by atoms with E-state index in [0.29, 0.717) is 41.2 Å². The van der Waals surface area contributed by atoms with E-state index in [1.54, 1.807) is 6.07 Å². The number of ether oxygens (including phenoxy) is 1. The van der Waals surface area contributed by atoms with E-state index in [9.17, 15) is 9.59 Å². The highest BCUT2D eigenvalue weighted by Gasteiger charge is 2.30. The van der Waals surface area contributed by atoms with Gasteiger partial charge in [-0.15, -0.1) is 0 Å². The summed E-state index contributed by atoms with van der Waals surface area (Å²) in [5.74, 6) is -0.0507. The lowest BCUT2D eigenvalue weighted by Gasteiger charge is -2.16. The molecule has 1 fully saturated rings. The number of methoxy groups -OCH3 is 1. The molecule has 2 heterocycles. The van der Waals surface area contributed by atoms with Crippen LogP contribution < -0.4 is 10.6 Å². The first-order valence-corrected chi connectivity index (χ1v) is 11.2. The highest BCUT2D eigenvalue weighted by molar-refractivity contribution is 6.06. The van der Waals surface area contributed by atoms with Gasteiger partial charge in [-0.2, -0.15) is 0 Å².